The Morgan fingerprint density at radius 3 is 2.74 bits per heavy atom. The first-order chi connectivity index (χ1) is 18.9. The minimum atomic E-state index is -0.331. The van der Waals surface area contributed by atoms with E-state index in [4.69, 9.17) is 9.47 Å². The van der Waals surface area contributed by atoms with E-state index in [1.54, 1.807) is 24.5 Å². The Labute approximate surface area is 234 Å². The molecular formula is C33H35NO4S. The third-order valence-electron chi connectivity index (χ3n) is 9.22. The second-order valence-electron chi connectivity index (χ2n) is 11.2. The summed E-state index contributed by atoms with van der Waals surface area (Å²) in [5.74, 6) is 1.95. The van der Waals surface area contributed by atoms with E-state index in [0.29, 0.717) is 34.9 Å². The van der Waals surface area contributed by atoms with E-state index in [-0.39, 0.29) is 17.3 Å². The average molecular weight is 542 g/mol. The lowest BCUT2D eigenvalue weighted by atomic mass is 9.54. The van der Waals surface area contributed by atoms with E-state index in [1.165, 1.54) is 22.1 Å². The lowest BCUT2D eigenvalue weighted by Gasteiger charge is -2.49. The lowest BCUT2D eigenvalue weighted by molar-refractivity contribution is -0.111. The number of carbonyl (C=O) groups is 2. The fraction of sp³-hybridized carbons (Fsp3) is 0.394. The second kappa shape index (κ2) is 10.3. The quantitative estimate of drug-likeness (QED) is 0.266. The molecule has 1 saturated carbocycles. The summed E-state index contributed by atoms with van der Waals surface area (Å²) < 4.78 is 11.0. The molecule has 0 radical (unpaired) electrons. The summed E-state index contributed by atoms with van der Waals surface area (Å²) in [6.07, 6.45) is 8.59. The zero-order chi connectivity index (χ0) is 27.1. The maximum Gasteiger partial charge on any atom is 0.341 e. The number of ether oxygens (including phenoxy) is 2. The molecule has 3 aromatic rings. The fourth-order valence-electron chi connectivity index (χ4n) is 7.49. The summed E-state index contributed by atoms with van der Waals surface area (Å²) in [4.78, 5) is 27.5. The van der Waals surface area contributed by atoms with E-state index in [9.17, 15) is 9.59 Å². The van der Waals surface area contributed by atoms with Gasteiger partial charge in [0.1, 0.15) is 10.8 Å². The number of anilines is 1. The maximum absolute atomic E-state index is 13.4. The minimum absolute atomic E-state index is 0.109. The number of hydrogen-bond donors (Lipinski definition) is 1. The molecule has 1 aromatic heterocycles. The zero-order valence-electron chi connectivity index (χ0n) is 22.8. The summed E-state index contributed by atoms with van der Waals surface area (Å²) in [7, 11) is 1.73. The Kier molecular flexibility index (Phi) is 6.84. The van der Waals surface area contributed by atoms with Crippen molar-refractivity contribution in [2.45, 2.75) is 57.3 Å². The highest BCUT2D eigenvalue weighted by molar-refractivity contribution is 7.17. The van der Waals surface area contributed by atoms with Crippen LogP contribution in [0.15, 0.2) is 54.6 Å². The number of benzene rings is 2. The summed E-state index contributed by atoms with van der Waals surface area (Å²) in [6.45, 7) is 4.48. The molecule has 1 N–H and O–H groups in total. The van der Waals surface area contributed by atoms with E-state index < -0.39 is 0 Å². The van der Waals surface area contributed by atoms with E-state index in [0.717, 1.165) is 49.0 Å². The number of amides is 1. The van der Waals surface area contributed by atoms with Gasteiger partial charge in [-0.25, -0.2) is 4.79 Å². The number of thiophene rings is 1. The van der Waals surface area contributed by atoms with Crippen LogP contribution in [0, 0.1) is 11.8 Å². The molecule has 4 unspecified atom stereocenters. The third-order valence-corrected chi connectivity index (χ3v) is 10.4. The molecule has 0 bridgehead atoms. The first-order valence-electron chi connectivity index (χ1n) is 14.0. The van der Waals surface area contributed by atoms with Crippen LogP contribution in [0.4, 0.5) is 5.00 Å². The normalized spacial score (nSPS) is 24.8. The molecule has 1 heterocycles. The fourth-order valence-corrected chi connectivity index (χ4v) is 8.88. The second-order valence-corrected chi connectivity index (χ2v) is 12.3. The molecule has 5 nitrogen and oxygen atoms in total. The van der Waals surface area contributed by atoms with Crippen molar-refractivity contribution in [2.24, 2.45) is 11.8 Å². The lowest BCUT2D eigenvalue weighted by Crippen LogP contribution is -2.43. The zero-order valence-corrected chi connectivity index (χ0v) is 23.6. The van der Waals surface area contributed by atoms with Crippen LogP contribution in [-0.2, 0) is 27.8 Å². The number of hydrogen-bond acceptors (Lipinski definition) is 5. The number of esters is 1. The number of carbonyl (C=O) groups excluding carboxylic acids is 2. The van der Waals surface area contributed by atoms with Crippen LogP contribution in [0.25, 0.3) is 6.08 Å². The predicted molar refractivity (Wildman–Crippen MR) is 156 cm³/mol. The van der Waals surface area contributed by atoms with Crippen molar-refractivity contribution in [3.05, 3.63) is 87.3 Å². The smallest absolute Gasteiger partial charge is 0.341 e. The molecule has 39 heavy (non-hydrogen) atoms. The predicted octanol–water partition coefficient (Wildman–Crippen LogP) is 7.16. The first kappa shape index (κ1) is 25.9. The number of aryl methyl sites for hydroxylation is 1. The van der Waals surface area contributed by atoms with Gasteiger partial charge in [-0.3, -0.25) is 4.79 Å². The third kappa shape index (κ3) is 4.49. The van der Waals surface area contributed by atoms with Gasteiger partial charge in [-0.05, 0) is 103 Å². The first-order valence-corrected chi connectivity index (χ1v) is 14.8. The van der Waals surface area contributed by atoms with Gasteiger partial charge >= 0.3 is 5.97 Å². The Balaban J connectivity index is 1.31. The van der Waals surface area contributed by atoms with E-state index in [1.807, 2.05) is 37.3 Å². The minimum Gasteiger partial charge on any atom is -0.497 e. The number of nitrogens with one attached hydrogen (secondary N) is 1. The van der Waals surface area contributed by atoms with Gasteiger partial charge in [0.15, 0.2) is 0 Å². The number of fused-ring (bicyclic) bond motifs is 7. The summed E-state index contributed by atoms with van der Waals surface area (Å²) >= 11 is 1.56. The Morgan fingerprint density at radius 2 is 1.97 bits per heavy atom. The van der Waals surface area contributed by atoms with Crippen molar-refractivity contribution in [3.63, 3.8) is 0 Å². The highest BCUT2D eigenvalue weighted by Crippen LogP contribution is 2.63. The molecule has 6 rings (SSSR count). The molecule has 1 fully saturated rings. The van der Waals surface area contributed by atoms with Gasteiger partial charge in [0.25, 0.3) is 0 Å². The molecule has 3 aliphatic rings. The van der Waals surface area contributed by atoms with Gasteiger partial charge in [0.2, 0.25) is 5.91 Å². The standard InChI is InChI=1S/C33H35NO4S/c1-4-38-32(36)29-30-27(39-31(29)34-28(35)15-10-20-8-6-5-7-9-20)19-26-25-13-11-21-18-22(37-3)12-14-23(21)24(25)16-17-33(26,30)2/h5-10,12,14-15,18,24-26H,4,11,13,16-17,19H2,1-3H3,(H,34,35). The van der Waals surface area contributed by atoms with Gasteiger partial charge in [-0.15, -0.1) is 11.3 Å². The van der Waals surface area contributed by atoms with Crippen molar-refractivity contribution in [1.29, 1.82) is 0 Å². The highest BCUT2D eigenvalue weighted by Gasteiger charge is 2.55. The molecule has 1 amide bonds. The molecule has 0 saturated heterocycles. The van der Waals surface area contributed by atoms with Gasteiger partial charge in [-0.2, -0.15) is 0 Å². The van der Waals surface area contributed by atoms with Gasteiger partial charge in [0, 0.05) is 11.0 Å². The molecule has 3 aliphatic carbocycles. The van der Waals surface area contributed by atoms with Crippen LogP contribution in [0.3, 0.4) is 0 Å². The highest BCUT2D eigenvalue weighted by atomic mass is 32.1. The summed E-state index contributed by atoms with van der Waals surface area (Å²) in [6, 6.07) is 16.3. The molecule has 0 aliphatic heterocycles. The number of methoxy groups -OCH3 is 1. The molecule has 6 heteroatoms. The monoisotopic (exact) mass is 541 g/mol. The van der Waals surface area contributed by atoms with Crippen LogP contribution in [0.5, 0.6) is 5.75 Å². The molecule has 0 spiro atoms. The molecule has 202 valence electrons. The average Bonchev–Trinajstić information content (AvgIpc) is 3.45. The van der Waals surface area contributed by atoms with Crippen LogP contribution in [0.2, 0.25) is 0 Å². The summed E-state index contributed by atoms with van der Waals surface area (Å²) in [5.41, 5.74) is 5.44. The van der Waals surface area contributed by atoms with Crippen molar-refractivity contribution in [1.82, 2.24) is 0 Å². The number of rotatable bonds is 6. The maximum atomic E-state index is 13.4. The topological polar surface area (TPSA) is 64.6 Å². The Morgan fingerprint density at radius 1 is 1.15 bits per heavy atom. The van der Waals surface area contributed by atoms with Crippen molar-refractivity contribution in [3.8, 4) is 5.75 Å². The molecular weight excluding hydrogens is 506 g/mol. The largest absolute Gasteiger partial charge is 0.497 e. The van der Waals surface area contributed by atoms with Crippen LogP contribution in [0.1, 0.15) is 76.5 Å². The summed E-state index contributed by atoms with van der Waals surface area (Å²) in [5, 5.41) is 3.64. The molecule has 4 atom stereocenters. The van der Waals surface area contributed by atoms with Crippen LogP contribution in [-0.4, -0.2) is 25.6 Å². The van der Waals surface area contributed by atoms with Crippen molar-refractivity contribution in [2.75, 3.05) is 19.0 Å². The van der Waals surface area contributed by atoms with Gasteiger partial charge in [-0.1, -0.05) is 43.3 Å². The van der Waals surface area contributed by atoms with E-state index in [2.05, 4.69) is 30.4 Å². The van der Waals surface area contributed by atoms with Gasteiger partial charge in [0.05, 0.1) is 19.3 Å². The van der Waals surface area contributed by atoms with Crippen LogP contribution >= 0.6 is 11.3 Å². The SMILES string of the molecule is CCOC(=O)c1c(NC(=O)C=Cc2ccccc2)sc2c1C1(C)CCC3c4ccc(OC)cc4CCC3C1C2. The Hall–Kier alpha value is -3.38. The van der Waals surface area contributed by atoms with Crippen LogP contribution < -0.4 is 10.1 Å². The Bertz CT molecular complexity index is 1440. The molecule has 2 aromatic carbocycles. The van der Waals surface area contributed by atoms with Crippen molar-refractivity contribution >= 4 is 34.3 Å². The van der Waals surface area contributed by atoms with Gasteiger partial charge < -0.3 is 14.8 Å². The van der Waals surface area contributed by atoms with E-state index >= 15 is 0 Å². The van der Waals surface area contributed by atoms with Crippen molar-refractivity contribution < 1.29 is 19.1 Å².